The van der Waals surface area contributed by atoms with Crippen LogP contribution in [-0.2, 0) is 4.79 Å². The Balaban J connectivity index is 4.56. The summed E-state index contributed by atoms with van der Waals surface area (Å²) in [5, 5.41) is 0. The number of carbonyl (C=O) groups is 1. The third-order valence-corrected chi connectivity index (χ3v) is 3.90. The van der Waals surface area contributed by atoms with Crippen LogP contribution in [0.25, 0.3) is 0 Å². The van der Waals surface area contributed by atoms with Gasteiger partial charge in [-0.3, -0.25) is 4.79 Å². The van der Waals surface area contributed by atoms with Crippen LogP contribution in [-0.4, -0.2) is 21.5 Å². The van der Waals surface area contributed by atoms with Gasteiger partial charge < -0.3 is 0 Å². The highest BCUT2D eigenvalue weighted by atomic mass is 16.1. The van der Waals surface area contributed by atoms with Crippen molar-refractivity contribution in [3.8, 4) is 0 Å². The van der Waals surface area contributed by atoms with Crippen molar-refractivity contribution in [2.24, 2.45) is 5.41 Å². The molecule has 3 heteroatoms. The molecule has 0 saturated carbocycles. The first-order chi connectivity index (χ1) is 9.01. The lowest BCUT2D eigenvalue weighted by molar-refractivity contribution is -0.124. The molecule has 0 rings (SSSR count). The second-order valence-electron chi connectivity index (χ2n) is 5.78. The molecule has 1 nitrogen and oxygen atoms in total. The quantitative estimate of drug-likeness (QED) is 0.307. The first-order valence-corrected chi connectivity index (χ1v) is 7.74. The summed E-state index contributed by atoms with van der Waals surface area (Å²) in [5.74, 6) is 1.27. The van der Waals surface area contributed by atoms with E-state index >= 15 is 0 Å². The Hall–Kier alpha value is -0.460. The maximum Gasteiger partial charge on any atom is 0.153 e. The number of carbonyl (C=O) groups excluding carboxylic acids is 1. The number of hydrogen-bond acceptors (Lipinski definition) is 1. The zero-order valence-electron chi connectivity index (χ0n) is 13.0. The molecule has 0 aromatic heterocycles. The van der Waals surface area contributed by atoms with Crippen molar-refractivity contribution in [3.05, 3.63) is 11.4 Å². The second-order valence-corrected chi connectivity index (χ2v) is 5.78. The van der Waals surface area contributed by atoms with Crippen LogP contribution in [0.1, 0.15) is 78.6 Å². The van der Waals surface area contributed by atoms with Gasteiger partial charge in [0.25, 0.3) is 0 Å². The summed E-state index contributed by atoms with van der Waals surface area (Å²) in [6.07, 6.45) is 10.0. The van der Waals surface area contributed by atoms with Crippen molar-refractivity contribution in [1.82, 2.24) is 0 Å². The fourth-order valence-electron chi connectivity index (χ4n) is 2.48. The molecule has 0 aliphatic carbocycles. The number of ketones is 1. The first-order valence-electron chi connectivity index (χ1n) is 7.74. The van der Waals surface area contributed by atoms with E-state index in [1.807, 2.05) is 6.92 Å². The molecule has 0 aliphatic rings. The zero-order chi connectivity index (χ0) is 14.7. The molecule has 4 radical (unpaired) electrons. The molecule has 0 amide bonds. The summed E-state index contributed by atoms with van der Waals surface area (Å²) in [6, 6.07) is 0. The lowest BCUT2D eigenvalue weighted by Crippen LogP contribution is -2.29. The topological polar surface area (TPSA) is 17.1 Å². The van der Waals surface area contributed by atoms with Crippen molar-refractivity contribution in [2.45, 2.75) is 78.6 Å². The molecule has 19 heavy (non-hydrogen) atoms. The molecule has 0 aromatic rings. The number of hydrogen-bond donors (Lipinski definition) is 0. The number of unbranched alkanes of at least 4 members (excludes halogenated alkanes) is 5. The number of allylic oxidation sites excluding steroid dienone is 1. The molecule has 0 bridgehead atoms. The molecule has 1 atom stereocenters. The van der Waals surface area contributed by atoms with Crippen molar-refractivity contribution < 1.29 is 4.79 Å². The van der Waals surface area contributed by atoms with Gasteiger partial charge >= 0.3 is 0 Å². The first kappa shape index (κ1) is 18.5. The van der Waals surface area contributed by atoms with E-state index in [-0.39, 0.29) is 16.7 Å². The van der Waals surface area contributed by atoms with Gasteiger partial charge in [0.1, 0.15) is 15.7 Å². The summed E-state index contributed by atoms with van der Waals surface area (Å²) < 4.78 is 0. The SMILES string of the molecule is [B]/C=C(\[B])C(=O)C(C)(CCCCC)CCCCCC. The van der Waals surface area contributed by atoms with Gasteiger partial charge in [0, 0.05) is 5.41 Å². The molecule has 104 valence electrons. The van der Waals surface area contributed by atoms with Crippen molar-refractivity contribution in [3.63, 3.8) is 0 Å². The van der Waals surface area contributed by atoms with Gasteiger partial charge in [0.15, 0.2) is 5.78 Å². The fraction of sp³-hybridized carbons (Fsp3) is 0.812. The average Bonchev–Trinajstić information content (AvgIpc) is 2.42. The van der Waals surface area contributed by atoms with Crippen molar-refractivity contribution in [2.75, 3.05) is 0 Å². The molecular weight excluding hydrogens is 230 g/mol. The monoisotopic (exact) mass is 258 g/mol. The summed E-state index contributed by atoms with van der Waals surface area (Å²) in [5.41, 5.74) is -0.113. The molecule has 0 aliphatic heterocycles. The minimum absolute atomic E-state index is 0.0302. The zero-order valence-corrected chi connectivity index (χ0v) is 13.0. The third kappa shape index (κ3) is 7.03. The van der Waals surface area contributed by atoms with Crippen LogP contribution >= 0.6 is 0 Å². The van der Waals surface area contributed by atoms with Crippen LogP contribution in [0.2, 0.25) is 0 Å². The highest BCUT2D eigenvalue weighted by Crippen LogP contribution is 2.34. The molecule has 0 saturated heterocycles. The highest BCUT2D eigenvalue weighted by Gasteiger charge is 2.31. The molecule has 0 heterocycles. The van der Waals surface area contributed by atoms with E-state index in [4.69, 9.17) is 15.7 Å². The van der Waals surface area contributed by atoms with Crippen LogP contribution in [0.3, 0.4) is 0 Å². The molecule has 0 spiro atoms. The molecular formula is C16H28B2O. The van der Waals surface area contributed by atoms with Crippen molar-refractivity contribution >= 4 is 21.5 Å². The molecule has 0 fully saturated rings. The fourth-order valence-corrected chi connectivity index (χ4v) is 2.48. The highest BCUT2D eigenvalue weighted by molar-refractivity contribution is 6.41. The van der Waals surface area contributed by atoms with E-state index in [1.54, 1.807) is 0 Å². The predicted octanol–water partition coefficient (Wildman–Crippen LogP) is 4.29. The van der Waals surface area contributed by atoms with Gasteiger partial charge in [-0.25, -0.2) is 0 Å². The summed E-state index contributed by atoms with van der Waals surface area (Å²) in [6.45, 7) is 6.42. The van der Waals surface area contributed by atoms with Crippen LogP contribution in [0.5, 0.6) is 0 Å². The normalized spacial score (nSPS) is 15.2. The summed E-state index contributed by atoms with van der Waals surface area (Å²) in [4.78, 5) is 12.4. The van der Waals surface area contributed by atoms with Crippen LogP contribution in [0.4, 0.5) is 0 Å². The summed E-state index contributed by atoms with van der Waals surface area (Å²) >= 11 is 0. The van der Waals surface area contributed by atoms with E-state index in [1.165, 1.54) is 38.1 Å². The Labute approximate surface area is 122 Å². The van der Waals surface area contributed by atoms with Crippen LogP contribution in [0, 0.1) is 5.41 Å². The minimum atomic E-state index is -0.330. The maximum atomic E-state index is 12.4. The summed E-state index contributed by atoms with van der Waals surface area (Å²) in [7, 11) is 11.1. The molecule has 0 N–H and O–H groups in total. The predicted molar refractivity (Wildman–Crippen MR) is 85.6 cm³/mol. The lowest BCUT2D eigenvalue weighted by atomic mass is 9.69. The Morgan fingerprint density at radius 1 is 1.00 bits per heavy atom. The molecule has 0 aromatic carbocycles. The Kier molecular flexibility index (Phi) is 10.1. The largest absolute Gasteiger partial charge is 0.295 e. The van der Waals surface area contributed by atoms with Gasteiger partial charge in [-0.2, -0.15) is 0 Å². The van der Waals surface area contributed by atoms with Crippen LogP contribution in [0.15, 0.2) is 11.4 Å². The minimum Gasteiger partial charge on any atom is -0.295 e. The smallest absolute Gasteiger partial charge is 0.153 e. The Morgan fingerprint density at radius 3 is 1.95 bits per heavy atom. The number of rotatable bonds is 11. The van der Waals surface area contributed by atoms with Gasteiger partial charge in [-0.15, -0.1) is 5.98 Å². The number of Topliss-reactive ketones (excluding diaryl/α,β-unsaturated/α-hetero) is 1. The maximum absolute atomic E-state index is 12.4. The second kappa shape index (κ2) is 10.3. The molecule has 1 unspecified atom stereocenters. The van der Waals surface area contributed by atoms with E-state index in [9.17, 15) is 4.79 Å². The van der Waals surface area contributed by atoms with Crippen molar-refractivity contribution in [1.29, 1.82) is 0 Å². The standard InChI is InChI=1S/C16H28B2O/c1-4-6-8-10-12-16(3,11-9-7-5-2)15(19)14(18)13-17/h13H,4-12H2,1-3H3/b14-13-. The Bertz CT molecular complexity index is 286. The van der Waals surface area contributed by atoms with Crippen LogP contribution < -0.4 is 0 Å². The Morgan fingerprint density at radius 2 is 1.47 bits per heavy atom. The third-order valence-electron chi connectivity index (χ3n) is 3.90. The average molecular weight is 258 g/mol. The van der Waals surface area contributed by atoms with E-state index in [2.05, 4.69) is 13.8 Å². The van der Waals surface area contributed by atoms with Gasteiger partial charge in [0.2, 0.25) is 0 Å². The van der Waals surface area contributed by atoms with E-state index < -0.39 is 0 Å². The van der Waals surface area contributed by atoms with Gasteiger partial charge in [-0.05, 0) is 12.8 Å². The van der Waals surface area contributed by atoms with Gasteiger partial charge in [0.05, 0.1) is 0 Å². The van der Waals surface area contributed by atoms with E-state index in [0.29, 0.717) is 0 Å². The lowest BCUT2D eigenvalue weighted by Gasteiger charge is -2.29. The van der Waals surface area contributed by atoms with E-state index in [0.717, 1.165) is 25.7 Å². The van der Waals surface area contributed by atoms with Gasteiger partial charge in [-0.1, -0.05) is 71.2 Å².